The van der Waals surface area contributed by atoms with E-state index in [1.807, 2.05) is 6.07 Å². The summed E-state index contributed by atoms with van der Waals surface area (Å²) in [6.07, 6.45) is -1.44. The van der Waals surface area contributed by atoms with Crippen LogP contribution < -0.4 is 10.2 Å². The minimum atomic E-state index is -4.56. The Bertz CT molecular complexity index is 1050. The first-order valence-electron chi connectivity index (χ1n) is 10.5. The average molecular weight is 440 g/mol. The first kappa shape index (κ1) is 21.8. The van der Waals surface area contributed by atoms with E-state index in [4.69, 9.17) is 0 Å². The van der Waals surface area contributed by atoms with E-state index in [1.54, 1.807) is 6.07 Å². The molecule has 32 heavy (non-hydrogen) atoms. The van der Waals surface area contributed by atoms with Gasteiger partial charge in [-0.25, -0.2) is 0 Å². The third kappa shape index (κ3) is 5.25. The second-order valence-corrected chi connectivity index (χ2v) is 7.89. The molecule has 4 rings (SSSR count). The Morgan fingerprint density at radius 3 is 2.28 bits per heavy atom. The number of aromatic nitrogens is 2. The standard InChI is InChI=1S/C24H23F3N4O/c25-24(26,27)19-8-4-5-9-20(19)28-23(32)21-10-11-22(30-29-21)31-14-12-18(13-15-31)16-17-6-2-1-3-7-17/h1-11,18H,12-16H2,(H,28,32). The number of nitrogens with one attached hydrogen (secondary N) is 1. The third-order valence-electron chi connectivity index (χ3n) is 5.67. The molecule has 0 spiro atoms. The molecule has 1 fully saturated rings. The summed E-state index contributed by atoms with van der Waals surface area (Å²) < 4.78 is 39.4. The summed E-state index contributed by atoms with van der Waals surface area (Å²) in [5.41, 5.74) is 0.0885. The minimum absolute atomic E-state index is 0.0373. The molecule has 166 valence electrons. The molecule has 1 saturated heterocycles. The third-order valence-corrected chi connectivity index (χ3v) is 5.67. The number of benzene rings is 2. The van der Waals surface area contributed by atoms with E-state index in [9.17, 15) is 18.0 Å². The van der Waals surface area contributed by atoms with Gasteiger partial charge in [-0.1, -0.05) is 42.5 Å². The van der Waals surface area contributed by atoms with Crippen LogP contribution >= 0.6 is 0 Å². The predicted octanol–water partition coefficient (Wildman–Crippen LogP) is 5.21. The highest BCUT2D eigenvalue weighted by molar-refractivity contribution is 6.03. The number of halogens is 3. The zero-order valence-corrected chi connectivity index (χ0v) is 17.3. The largest absolute Gasteiger partial charge is 0.418 e. The zero-order valence-electron chi connectivity index (χ0n) is 17.3. The lowest BCUT2D eigenvalue weighted by Crippen LogP contribution is -2.35. The van der Waals surface area contributed by atoms with Crippen molar-refractivity contribution in [2.24, 2.45) is 5.92 Å². The molecule has 1 N–H and O–H groups in total. The van der Waals surface area contributed by atoms with Crippen LogP contribution in [0.3, 0.4) is 0 Å². The first-order chi connectivity index (χ1) is 15.4. The number of alkyl halides is 3. The van der Waals surface area contributed by atoms with Crippen molar-refractivity contribution in [3.8, 4) is 0 Å². The maximum Gasteiger partial charge on any atom is 0.418 e. The molecule has 1 amide bonds. The number of nitrogens with zero attached hydrogens (tertiary/aromatic N) is 3. The van der Waals surface area contributed by atoms with E-state index in [1.165, 1.54) is 29.8 Å². The van der Waals surface area contributed by atoms with E-state index in [0.717, 1.165) is 38.4 Å². The van der Waals surface area contributed by atoms with Gasteiger partial charge in [-0.05, 0) is 55.0 Å². The number of amides is 1. The molecule has 0 aliphatic carbocycles. The highest BCUT2D eigenvalue weighted by Crippen LogP contribution is 2.34. The van der Waals surface area contributed by atoms with Crippen LogP contribution in [0, 0.1) is 5.92 Å². The van der Waals surface area contributed by atoms with Crippen LogP contribution in [-0.4, -0.2) is 29.2 Å². The fourth-order valence-corrected chi connectivity index (χ4v) is 3.95. The fourth-order valence-electron chi connectivity index (χ4n) is 3.95. The van der Waals surface area contributed by atoms with Crippen molar-refractivity contribution in [2.45, 2.75) is 25.4 Å². The Hall–Kier alpha value is -3.42. The summed E-state index contributed by atoms with van der Waals surface area (Å²) in [6, 6.07) is 18.4. The number of hydrogen-bond donors (Lipinski definition) is 1. The van der Waals surface area contributed by atoms with Gasteiger partial charge in [0.05, 0.1) is 11.3 Å². The molecule has 0 unspecified atom stereocenters. The van der Waals surface area contributed by atoms with E-state index in [2.05, 4.69) is 44.7 Å². The number of carbonyl (C=O) groups is 1. The van der Waals surface area contributed by atoms with Gasteiger partial charge in [0.2, 0.25) is 0 Å². The fraction of sp³-hybridized carbons (Fsp3) is 0.292. The second kappa shape index (κ2) is 9.38. The van der Waals surface area contributed by atoms with Crippen LogP contribution in [0.1, 0.15) is 34.5 Å². The molecule has 1 aliphatic rings. The molecular formula is C24H23F3N4O. The first-order valence-corrected chi connectivity index (χ1v) is 10.5. The summed E-state index contributed by atoms with van der Waals surface area (Å²) in [7, 11) is 0. The predicted molar refractivity (Wildman–Crippen MR) is 117 cm³/mol. The van der Waals surface area contributed by atoms with Crippen LogP contribution in [0.15, 0.2) is 66.7 Å². The number of piperidine rings is 1. The van der Waals surface area contributed by atoms with Gasteiger partial charge in [0.1, 0.15) is 0 Å². The zero-order chi connectivity index (χ0) is 22.6. The smallest absolute Gasteiger partial charge is 0.355 e. The van der Waals surface area contributed by atoms with Crippen LogP contribution in [0.4, 0.5) is 24.7 Å². The summed E-state index contributed by atoms with van der Waals surface area (Å²) in [4.78, 5) is 14.5. The number of carbonyl (C=O) groups excluding carboxylic acids is 1. The molecule has 0 atom stereocenters. The van der Waals surface area contributed by atoms with Crippen LogP contribution in [0.5, 0.6) is 0 Å². The monoisotopic (exact) mass is 440 g/mol. The van der Waals surface area contributed by atoms with Gasteiger partial charge in [-0.15, -0.1) is 10.2 Å². The molecule has 0 radical (unpaired) electrons. The van der Waals surface area contributed by atoms with Gasteiger partial charge < -0.3 is 10.2 Å². The Morgan fingerprint density at radius 1 is 0.938 bits per heavy atom. The van der Waals surface area contributed by atoms with E-state index in [0.29, 0.717) is 11.7 Å². The van der Waals surface area contributed by atoms with Crippen molar-refractivity contribution >= 4 is 17.4 Å². The van der Waals surface area contributed by atoms with Gasteiger partial charge in [0, 0.05) is 13.1 Å². The summed E-state index contributed by atoms with van der Waals surface area (Å²) in [5, 5.41) is 10.4. The summed E-state index contributed by atoms with van der Waals surface area (Å²) in [5.74, 6) is 0.540. The molecule has 2 heterocycles. The van der Waals surface area contributed by atoms with Crippen molar-refractivity contribution in [2.75, 3.05) is 23.3 Å². The Balaban J connectivity index is 1.35. The lowest BCUT2D eigenvalue weighted by Gasteiger charge is -2.32. The maximum atomic E-state index is 13.1. The second-order valence-electron chi connectivity index (χ2n) is 7.89. The lowest BCUT2D eigenvalue weighted by molar-refractivity contribution is -0.136. The van der Waals surface area contributed by atoms with E-state index >= 15 is 0 Å². The molecule has 1 aliphatic heterocycles. The van der Waals surface area contributed by atoms with Gasteiger partial charge in [0.15, 0.2) is 11.5 Å². The molecular weight excluding hydrogens is 417 g/mol. The van der Waals surface area contributed by atoms with E-state index in [-0.39, 0.29) is 11.4 Å². The molecule has 3 aromatic rings. The minimum Gasteiger partial charge on any atom is -0.355 e. The van der Waals surface area contributed by atoms with Crippen molar-refractivity contribution in [1.29, 1.82) is 0 Å². The Morgan fingerprint density at radius 2 is 1.62 bits per heavy atom. The summed E-state index contributed by atoms with van der Waals surface area (Å²) in [6.45, 7) is 1.69. The van der Waals surface area contributed by atoms with Crippen molar-refractivity contribution in [3.63, 3.8) is 0 Å². The highest BCUT2D eigenvalue weighted by atomic mass is 19.4. The SMILES string of the molecule is O=C(Nc1ccccc1C(F)(F)F)c1ccc(N2CCC(Cc3ccccc3)CC2)nn1. The number of para-hydroxylation sites is 1. The molecule has 0 saturated carbocycles. The molecule has 2 aromatic carbocycles. The number of rotatable bonds is 5. The number of anilines is 2. The van der Waals surface area contributed by atoms with Gasteiger partial charge in [-0.2, -0.15) is 13.2 Å². The molecule has 0 bridgehead atoms. The average Bonchev–Trinajstić information content (AvgIpc) is 2.80. The van der Waals surface area contributed by atoms with Crippen molar-refractivity contribution < 1.29 is 18.0 Å². The van der Waals surface area contributed by atoms with Crippen LogP contribution in [0.25, 0.3) is 0 Å². The van der Waals surface area contributed by atoms with Crippen LogP contribution in [0.2, 0.25) is 0 Å². The number of hydrogen-bond acceptors (Lipinski definition) is 4. The van der Waals surface area contributed by atoms with Gasteiger partial charge in [-0.3, -0.25) is 4.79 Å². The maximum absolute atomic E-state index is 13.1. The summed E-state index contributed by atoms with van der Waals surface area (Å²) >= 11 is 0. The van der Waals surface area contributed by atoms with Gasteiger partial charge >= 0.3 is 6.18 Å². The Kier molecular flexibility index (Phi) is 6.39. The quantitative estimate of drug-likeness (QED) is 0.592. The molecule has 5 nitrogen and oxygen atoms in total. The molecule has 8 heteroatoms. The van der Waals surface area contributed by atoms with Crippen LogP contribution in [-0.2, 0) is 12.6 Å². The molecule has 1 aromatic heterocycles. The normalized spacial score (nSPS) is 14.9. The van der Waals surface area contributed by atoms with Crippen molar-refractivity contribution in [1.82, 2.24) is 10.2 Å². The van der Waals surface area contributed by atoms with E-state index < -0.39 is 17.6 Å². The van der Waals surface area contributed by atoms with Crippen molar-refractivity contribution in [3.05, 3.63) is 83.6 Å². The Labute approximate surface area is 184 Å². The lowest BCUT2D eigenvalue weighted by atomic mass is 9.90. The topological polar surface area (TPSA) is 58.1 Å². The highest BCUT2D eigenvalue weighted by Gasteiger charge is 2.33. The van der Waals surface area contributed by atoms with Gasteiger partial charge in [0.25, 0.3) is 5.91 Å².